The van der Waals surface area contributed by atoms with Gasteiger partial charge in [-0.15, -0.1) is 0 Å². The maximum atomic E-state index is 13.9. The van der Waals surface area contributed by atoms with E-state index in [1.54, 1.807) is 4.90 Å². The van der Waals surface area contributed by atoms with Crippen molar-refractivity contribution in [3.63, 3.8) is 0 Å². The lowest BCUT2D eigenvalue weighted by Crippen LogP contribution is -2.48. The number of halogens is 1. The first-order valence-electron chi connectivity index (χ1n) is 6.26. The molecule has 0 spiro atoms. The summed E-state index contributed by atoms with van der Waals surface area (Å²) in [6, 6.07) is 4.15. The Morgan fingerprint density at radius 1 is 1.25 bits per heavy atom. The third kappa shape index (κ3) is 3.24. The van der Waals surface area contributed by atoms with Gasteiger partial charge in [-0.1, -0.05) is 0 Å². The van der Waals surface area contributed by atoms with Crippen molar-refractivity contribution >= 4 is 17.6 Å². The number of carboxylic acid groups (broad SMARTS) is 1. The van der Waals surface area contributed by atoms with Crippen molar-refractivity contribution in [3.8, 4) is 0 Å². The van der Waals surface area contributed by atoms with Gasteiger partial charge in [-0.3, -0.25) is 14.5 Å². The molecule has 108 valence electrons. The third-order valence-electron chi connectivity index (χ3n) is 3.30. The molecule has 2 rings (SSSR count). The van der Waals surface area contributed by atoms with Crippen LogP contribution in [-0.2, 0) is 4.79 Å². The number of anilines is 1. The lowest BCUT2D eigenvalue weighted by Gasteiger charge is -2.35. The van der Waals surface area contributed by atoms with Crippen LogP contribution in [0.15, 0.2) is 18.2 Å². The predicted octanol–water partition coefficient (Wildman–Crippen LogP) is 0.131. The number of amides is 1. The fraction of sp³-hybridized carbons (Fsp3) is 0.385. The third-order valence-corrected chi connectivity index (χ3v) is 3.30. The average molecular weight is 281 g/mol. The Morgan fingerprint density at radius 3 is 2.40 bits per heavy atom. The van der Waals surface area contributed by atoms with Gasteiger partial charge in [-0.25, -0.2) is 4.39 Å². The lowest BCUT2D eigenvalue weighted by molar-refractivity contribution is -0.138. The number of hydrogen-bond acceptors (Lipinski definition) is 4. The second-order valence-corrected chi connectivity index (χ2v) is 4.69. The number of benzene rings is 1. The Kier molecular flexibility index (Phi) is 4.19. The quantitative estimate of drug-likeness (QED) is 0.819. The molecular weight excluding hydrogens is 265 g/mol. The van der Waals surface area contributed by atoms with Crippen molar-refractivity contribution in [2.75, 3.05) is 37.6 Å². The smallest absolute Gasteiger partial charge is 0.317 e. The Bertz CT molecular complexity index is 528. The Balaban J connectivity index is 2.03. The molecule has 0 atom stereocenters. The minimum Gasteiger partial charge on any atom is -0.480 e. The van der Waals surface area contributed by atoms with Crippen LogP contribution in [0.5, 0.6) is 0 Å². The molecule has 0 aromatic heterocycles. The molecule has 1 aromatic rings. The topological polar surface area (TPSA) is 86.9 Å². The molecule has 1 aliphatic heterocycles. The molecule has 20 heavy (non-hydrogen) atoms. The molecule has 1 aromatic carbocycles. The molecule has 1 amide bonds. The summed E-state index contributed by atoms with van der Waals surface area (Å²) in [7, 11) is 0. The van der Waals surface area contributed by atoms with Crippen LogP contribution < -0.4 is 10.6 Å². The maximum absolute atomic E-state index is 13.9. The molecule has 0 radical (unpaired) electrons. The van der Waals surface area contributed by atoms with Crippen LogP contribution in [0.1, 0.15) is 10.4 Å². The average Bonchev–Trinajstić information content (AvgIpc) is 2.39. The number of nitrogens with two attached hydrogens (primary N) is 1. The second kappa shape index (κ2) is 5.87. The van der Waals surface area contributed by atoms with E-state index in [2.05, 4.69) is 0 Å². The van der Waals surface area contributed by atoms with Crippen LogP contribution in [0.3, 0.4) is 0 Å². The van der Waals surface area contributed by atoms with Gasteiger partial charge in [-0.2, -0.15) is 0 Å². The zero-order valence-electron chi connectivity index (χ0n) is 10.9. The van der Waals surface area contributed by atoms with E-state index >= 15 is 0 Å². The number of piperazine rings is 1. The summed E-state index contributed by atoms with van der Waals surface area (Å²) < 4.78 is 13.9. The summed E-state index contributed by atoms with van der Waals surface area (Å²) in [5.41, 5.74) is 5.64. The summed E-state index contributed by atoms with van der Waals surface area (Å²) in [4.78, 5) is 25.2. The molecule has 0 unspecified atom stereocenters. The first kappa shape index (κ1) is 14.3. The largest absolute Gasteiger partial charge is 0.480 e. The molecule has 1 heterocycles. The highest BCUT2D eigenvalue weighted by Crippen LogP contribution is 2.21. The minimum absolute atomic E-state index is 0.00304. The van der Waals surface area contributed by atoms with Crippen molar-refractivity contribution < 1.29 is 19.1 Å². The van der Waals surface area contributed by atoms with E-state index in [0.717, 1.165) is 6.07 Å². The number of carbonyl (C=O) groups excluding carboxylic acids is 1. The summed E-state index contributed by atoms with van der Waals surface area (Å²) in [6.45, 7) is 2.20. The van der Waals surface area contributed by atoms with Gasteiger partial charge in [-0.05, 0) is 18.2 Å². The number of aliphatic carboxylic acids is 1. The second-order valence-electron chi connectivity index (χ2n) is 4.69. The number of carbonyl (C=O) groups is 2. The van der Waals surface area contributed by atoms with E-state index in [1.165, 1.54) is 12.1 Å². The van der Waals surface area contributed by atoms with Gasteiger partial charge in [0.05, 0.1) is 12.2 Å². The van der Waals surface area contributed by atoms with Crippen LogP contribution in [0.2, 0.25) is 0 Å². The van der Waals surface area contributed by atoms with Gasteiger partial charge < -0.3 is 15.7 Å². The first-order valence-corrected chi connectivity index (χ1v) is 6.26. The van der Waals surface area contributed by atoms with Gasteiger partial charge in [0, 0.05) is 31.7 Å². The van der Waals surface area contributed by atoms with Crippen molar-refractivity contribution in [1.82, 2.24) is 4.90 Å². The van der Waals surface area contributed by atoms with Crippen molar-refractivity contribution in [2.24, 2.45) is 5.73 Å². The monoisotopic (exact) mass is 281 g/mol. The Morgan fingerprint density at radius 2 is 1.90 bits per heavy atom. The summed E-state index contributed by atoms with van der Waals surface area (Å²) >= 11 is 0. The zero-order chi connectivity index (χ0) is 14.7. The van der Waals surface area contributed by atoms with Crippen LogP contribution >= 0.6 is 0 Å². The van der Waals surface area contributed by atoms with E-state index in [0.29, 0.717) is 31.9 Å². The highest BCUT2D eigenvalue weighted by Gasteiger charge is 2.21. The fourth-order valence-corrected chi connectivity index (χ4v) is 2.25. The van der Waals surface area contributed by atoms with Crippen LogP contribution in [0, 0.1) is 5.82 Å². The van der Waals surface area contributed by atoms with Gasteiger partial charge in [0.15, 0.2) is 0 Å². The van der Waals surface area contributed by atoms with Crippen LogP contribution in [0.4, 0.5) is 10.1 Å². The summed E-state index contributed by atoms with van der Waals surface area (Å²) in [6.07, 6.45) is 0. The standard InChI is InChI=1S/C13H16FN3O3/c14-10-7-9(13(15)20)1-2-11(10)17-5-3-16(4-6-17)8-12(18)19/h1-2,7H,3-6,8H2,(H2,15,20)(H,18,19). The van der Waals surface area contributed by atoms with E-state index < -0.39 is 17.7 Å². The zero-order valence-corrected chi connectivity index (χ0v) is 10.9. The van der Waals surface area contributed by atoms with Crippen molar-refractivity contribution in [2.45, 2.75) is 0 Å². The van der Waals surface area contributed by atoms with Crippen LogP contribution in [0.25, 0.3) is 0 Å². The number of primary amides is 1. The molecule has 1 aliphatic rings. The molecule has 7 heteroatoms. The highest BCUT2D eigenvalue weighted by atomic mass is 19.1. The van der Waals surface area contributed by atoms with E-state index in [-0.39, 0.29) is 12.1 Å². The highest BCUT2D eigenvalue weighted by molar-refractivity contribution is 5.93. The molecule has 0 saturated carbocycles. The first-order chi connectivity index (χ1) is 9.47. The lowest BCUT2D eigenvalue weighted by atomic mass is 10.1. The predicted molar refractivity (Wildman–Crippen MR) is 71.2 cm³/mol. The van der Waals surface area contributed by atoms with E-state index in [4.69, 9.17) is 10.8 Å². The summed E-state index contributed by atoms with van der Waals surface area (Å²) in [5, 5.41) is 8.72. The number of rotatable bonds is 4. The molecule has 3 N–H and O–H groups in total. The number of nitrogens with zero attached hydrogens (tertiary/aromatic N) is 2. The van der Waals surface area contributed by atoms with Gasteiger partial charge in [0.2, 0.25) is 5.91 Å². The normalized spacial score (nSPS) is 16.1. The van der Waals surface area contributed by atoms with E-state index in [9.17, 15) is 14.0 Å². The molecule has 0 aliphatic carbocycles. The van der Waals surface area contributed by atoms with Gasteiger partial charge >= 0.3 is 5.97 Å². The molecule has 6 nitrogen and oxygen atoms in total. The van der Waals surface area contributed by atoms with Crippen molar-refractivity contribution in [1.29, 1.82) is 0 Å². The number of carboxylic acids is 1. The fourth-order valence-electron chi connectivity index (χ4n) is 2.25. The number of hydrogen-bond donors (Lipinski definition) is 2. The van der Waals surface area contributed by atoms with Gasteiger partial charge in [0.25, 0.3) is 0 Å². The Labute approximate surface area is 115 Å². The molecule has 1 saturated heterocycles. The minimum atomic E-state index is -0.865. The van der Waals surface area contributed by atoms with E-state index in [1.807, 2.05) is 4.90 Å². The summed E-state index contributed by atoms with van der Waals surface area (Å²) in [5.74, 6) is -2.02. The van der Waals surface area contributed by atoms with Gasteiger partial charge in [0.1, 0.15) is 5.82 Å². The Hall–Kier alpha value is -2.15. The van der Waals surface area contributed by atoms with Crippen molar-refractivity contribution in [3.05, 3.63) is 29.6 Å². The molecule has 1 fully saturated rings. The SMILES string of the molecule is NC(=O)c1ccc(N2CCN(CC(=O)O)CC2)c(F)c1. The van der Waals surface area contributed by atoms with Crippen LogP contribution in [-0.4, -0.2) is 54.6 Å². The molecule has 0 bridgehead atoms. The maximum Gasteiger partial charge on any atom is 0.317 e. The molecular formula is C13H16FN3O3.